The second kappa shape index (κ2) is 5.36. The summed E-state index contributed by atoms with van der Waals surface area (Å²) in [6.07, 6.45) is 0.648. The number of benzene rings is 1. The topological polar surface area (TPSA) is 55.8 Å². The number of rotatable bonds is 4. The number of hydrogen-bond donors (Lipinski definition) is 1. The molecule has 15 heavy (non-hydrogen) atoms. The lowest BCUT2D eigenvalue weighted by atomic mass is 10.1. The molecule has 0 aliphatic heterocycles. The van der Waals surface area contributed by atoms with Crippen LogP contribution in [-0.2, 0) is 15.9 Å². The van der Waals surface area contributed by atoms with E-state index in [1.807, 2.05) is 0 Å². The van der Waals surface area contributed by atoms with Crippen LogP contribution in [0.15, 0.2) is 18.2 Å². The van der Waals surface area contributed by atoms with E-state index in [2.05, 4.69) is 4.74 Å². The lowest BCUT2D eigenvalue weighted by Gasteiger charge is -2.05. The van der Waals surface area contributed by atoms with E-state index in [1.54, 1.807) is 19.2 Å². The molecule has 0 amide bonds. The third-order valence-electron chi connectivity index (χ3n) is 1.99. The van der Waals surface area contributed by atoms with Crippen molar-refractivity contribution in [1.29, 1.82) is 0 Å². The van der Waals surface area contributed by atoms with Crippen LogP contribution in [0.25, 0.3) is 0 Å². The molecule has 0 saturated carbocycles. The molecule has 1 aromatic rings. The zero-order chi connectivity index (χ0) is 11.3. The van der Waals surface area contributed by atoms with Gasteiger partial charge in [-0.25, -0.2) is 4.79 Å². The van der Waals surface area contributed by atoms with Crippen LogP contribution in [0.5, 0.6) is 5.75 Å². The fraction of sp³-hybridized carbons (Fsp3) is 0.364. The normalized spacial score (nSPS) is 10.0. The first-order valence-electron chi connectivity index (χ1n) is 4.57. The molecule has 0 radical (unpaired) electrons. The SMILES string of the molecule is COCCc1cc(O)cc(C(=O)OC)c1. The minimum absolute atomic E-state index is 0.0593. The van der Waals surface area contributed by atoms with Crippen molar-refractivity contribution in [1.82, 2.24) is 0 Å². The Balaban J connectivity index is 2.89. The molecule has 0 fully saturated rings. The molecular weight excluding hydrogens is 196 g/mol. The summed E-state index contributed by atoms with van der Waals surface area (Å²) >= 11 is 0. The van der Waals surface area contributed by atoms with E-state index in [1.165, 1.54) is 13.2 Å². The van der Waals surface area contributed by atoms with Crippen molar-refractivity contribution in [2.75, 3.05) is 20.8 Å². The van der Waals surface area contributed by atoms with Gasteiger partial charge < -0.3 is 14.6 Å². The predicted octanol–water partition coefficient (Wildman–Crippen LogP) is 1.37. The molecule has 0 heterocycles. The fourth-order valence-electron chi connectivity index (χ4n) is 1.27. The number of esters is 1. The second-order valence-electron chi connectivity index (χ2n) is 3.12. The number of aromatic hydroxyl groups is 1. The molecule has 1 N–H and O–H groups in total. The first-order chi connectivity index (χ1) is 7.17. The van der Waals surface area contributed by atoms with Crippen LogP contribution in [0.4, 0.5) is 0 Å². The number of phenols is 1. The molecule has 0 unspecified atom stereocenters. The molecule has 0 aliphatic carbocycles. The molecule has 0 atom stereocenters. The lowest BCUT2D eigenvalue weighted by molar-refractivity contribution is 0.0600. The van der Waals surface area contributed by atoms with Crippen molar-refractivity contribution in [3.05, 3.63) is 29.3 Å². The van der Waals surface area contributed by atoms with Crippen molar-refractivity contribution in [2.45, 2.75) is 6.42 Å². The molecule has 4 nitrogen and oxygen atoms in total. The Labute approximate surface area is 88.4 Å². The quantitative estimate of drug-likeness (QED) is 0.762. The number of phenolic OH excluding ortho intramolecular Hbond substituents is 1. The standard InChI is InChI=1S/C11H14O4/c1-14-4-3-8-5-9(11(13)15-2)7-10(12)6-8/h5-7,12H,3-4H2,1-2H3. The van der Waals surface area contributed by atoms with Crippen molar-refractivity contribution in [3.8, 4) is 5.75 Å². The minimum atomic E-state index is -0.454. The highest BCUT2D eigenvalue weighted by Gasteiger charge is 2.08. The van der Waals surface area contributed by atoms with E-state index in [0.29, 0.717) is 18.6 Å². The van der Waals surface area contributed by atoms with E-state index >= 15 is 0 Å². The van der Waals surface area contributed by atoms with Gasteiger partial charge in [0.1, 0.15) is 5.75 Å². The fourth-order valence-corrected chi connectivity index (χ4v) is 1.27. The summed E-state index contributed by atoms with van der Waals surface area (Å²) in [5.74, 6) is -0.395. The summed E-state index contributed by atoms with van der Waals surface area (Å²) in [6.45, 7) is 0.546. The highest BCUT2D eigenvalue weighted by Crippen LogP contribution is 2.17. The molecule has 4 heteroatoms. The summed E-state index contributed by atoms with van der Waals surface area (Å²) < 4.78 is 9.48. The maximum atomic E-state index is 11.2. The smallest absolute Gasteiger partial charge is 0.337 e. The van der Waals surface area contributed by atoms with E-state index in [-0.39, 0.29) is 5.75 Å². The third-order valence-corrected chi connectivity index (χ3v) is 1.99. The van der Waals surface area contributed by atoms with Crippen LogP contribution in [-0.4, -0.2) is 31.9 Å². The van der Waals surface area contributed by atoms with Gasteiger partial charge in [-0.2, -0.15) is 0 Å². The molecule has 0 aliphatic rings. The summed E-state index contributed by atoms with van der Waals surface area (Å²) in [6, 6.07) is 4.66. The predicted molar refractivity (Wildman–Crippen MR) is 55.0 cm³/mol. The van der Waals surface area contributed by atoms with Gasteiger partial charge in [-0.1, -0.05) is 0 Å². The van der Waals surface area contributed by atoms with Gasteiger partial charge in [0.15, 0.2) is 0 Å². The zero-order valence-corrected chi connectivity index (χ0v) is 8.82. The van der Waals surface area contributed by atoms with Crippen molar-refractivity contribution in [3.63, 3.8) is 0 Å². The number of carbonyl (C=O) groups is 1. The lowest BCUT2D eigenvalue weighted by Crippen LogP contribution is -2.03. The Morgan fingerprint density at radius 2 is 2.07 bits per heavy atom. The average molecular weight is 210 g/mol. The third kappa shape index (κ3) is 3.25. The first-order valence-corrected chi connectivity index (χ1v) is 4.57. The highest BCUT2D eigenvalue weighted by molar-refractivity contribution is 5.90. The number of methoxy groups -OCH3 is 2. The van der Waals surface area contributed by atoms with Crippen LogP contribution in [0, 0.1) is 0 Å². The number of ether oxygens (including phenoxy) is 2. The van der Waals surface area contributed by atoms with Gasteiger partial charge in [0.05, 0.1) is 19.3 Å². The summed E-state index contributed by atoms with van der Waals surface area (Å²) in [5.41, 5.74) is 1.20. The molecule has 1 aromatic carbocycles. The van der Waals surface area contributed by atoms with Gasteiger partial charge in [0.25, 0.3) is 0 Å². The van der Waals surface area contributed by atoms with Gasteiger partial charge in [0, 0.05) is 7.11 Å². The van der Waals surface area contributed by atoms with E-state index < -0.39 is 5.97 Å². The molecule has 0 saturated heterocycles. The van der Waals surface area contributed by atoms with Crippen molar-refractivity contribution >= 4 is 5.97 Å². The van der Waals surface area contributed by atoms with Crippen LogP contribution in [0.3, 0.4) is 0 Å². The van der Waals surface area contributed by atoms with Gasteiger partial charge in [-0.15, -0.1) is 0 Å². The van der Waals surface area contributed by atoms with Crippen LogP contribution < -0.4 is 0 Å². The number of carbonyl (C=O) groups excluding carboxylic acids is 1. The second-order valence-corrected chi connectivity index (χ2v) is 3.12. The van der Waals surface area contributed by atoms with Crippen LogP contribution >= 0.6 is 0 Å². The average Bonchev–Trinajstić information content (AvgIpc) is 2.24. The maximum Gasteiger partial charge on any atom is 0.337 e. The first kappa shape index (κ1) is 11.5. The molecule has 0 aromatic heterocycles. The zero-order valence-electron chi connectivity index (χ0n) is 8.82. The molecule has 82 valence electrons. The Bertz CT molecular complexity index is 346. The maximum absolute atomic E-state index is 11.2. The monoisotopic (exact) mass is 210 g/mol. The van der Waals surface area contributed by atoms with Gasteiger partial charge in [-0.3, -0.25) is 0 Å². The molecular formula is C11H14O4. The highest BCUT2D eigenvalue weighted by atomic mass is 16.5. The van der Waals surface area contributed by atoms with E-state index in [9.17, 15) is 9.90 Å². The Hall–Kier alpha value is -1.55. The number of hydrogen-bond acceptors (Lipinski definition) is 4. The summed E-state index contributed by atoms with van der Waals surface area (Å²) in [5, 5.41) is 9.39. The van der Waals surface area contributed by atoms with Crippen molar-refractivity contribution in [2.24, 2.45) is 0 Å². The van der Waals surface area contributed by atoms with Crippen LogP contribution in [0.2, 0.25) is 0 Å². The largest absolute Gasteiger partial charge is 0.508 e. The van der Waals surface area contributed by atoms with E-state index in [4.69, 9.17) is 4.74 Å². The Morgan fingerprint density at radius 1 is 1.33 bits per heavy atom. The van der Waals surface area contributed by atoms with Crippen LogP contribution in [0.1, 0.15) is 15.9 Å². The minimum Gasteiger partial charge on any atom is -0.508 e. The molecule has 1 rings (SSSR count). The van der Waals surface area contributed by atoms with Crippen molar-refractivity contribution < 1.29 is 19.4 Å². The summed E-state index contributed by atoms with van der Waals surface area (Å²) in [4.78, 5) is 11.2. The van der Waals surface area contributed by atoms with E-state index in [0.717, 1.165) is 5.56 Å². The Morgan fingerprint density at radius 3 is 2.67 bits per heavy atom. The molecule has 0 bridgehead atoms. The summed E-state index contributed by atoms with van der Waals surface area (Å²) in [7, 11) is 2.91. The van der Waals surface area contributed by atoms with Gasteiger partial charge in [-0.05, 0) is 30.2 Å². The Kier molecular flexibility index (Phi) is 4.12. The molecule has 0 spiro atoms. The van der Waals surface area contributed by atoms with Gasteiger partial charge >= 0.3 is 5.97 Å². The van der Waals surface area contributed by atoms with Gasteiger partial charge in [0.2, 0.25) is 0 Å².